The number of hydrogen-bond acceptors (Lipinski definition) is 3. The number of carbonyl (C=O) groups excluding carboxylic acids is 1. The molecular weight excluding hydrogens is 320 g/mol. The Morgan fingerprint density at radius 2 is 2.25 bits per heavy atom. The van der Waals surface area contributed by atoms with Crippen LogP contribution in [0.3, 0.4) is 0 Å². The maximum absolute atomic E-state index is 11.2. The summed E-state index contributed by atoms with van der Waals surface area (Å²) in [5.74, 6) is -0.207. The van der Waals surface area contributed by atoms with Crippen molar-refractivity contribution in [2.75, 3.05) is 6.54 Å². The fourth-order valence-electron chi connectivity index (χ4n) is 2.89. The van der Waals surface area contributed by atoms with Gasteiger partial charge < -0.3 is 15.0 Å². The molecule has 2 heterocycles. The van der Waals surface area contributed by atoms with Crippen molar-refractivity contribution >= 4 is 32.8 Å². The molecule has 106 valence electrons. The fraction of sp³-hybridized carbons (Fsp3) is 0.400. The summed E-state index contributed by atoms with van der Waals surface area (Å²) in [5, 5.41) is 4.65. The van der Waals surface area contributed by atoms with Gasteiger partial charge in [0, 0.05) is 23.9 Å². The Morgan fingerprint density at radius 1 is 1.45 bits per heavy atom. The summed E-state index contributed by atoms with van der Waals surface area (Å²) in [7, 11) is 0. The lowest BCUT2D eigenvalue weighted by Gasteiger charge is -2.19. The minimum atomic E-state index is -0.207. The molecule has 2 N–H and O–H groups in total. The van der Waals surface area contributed by atoms with Gasteiger partial charge in [0.05, 0.1) is 4.60 Å². The zero-order valence-corrected chi connectivity index (χ0v) is 12.9. The predicted molar refractivity (Wildman–Crippen MR) is 81.7 cm³/mol. The van der Waals surface area contributed by atoms with Crippen LogP contribution in [0.5, 0.6) is 0 Å². The third-order valence-electron chi connectivity index (χ3n) is 3.79. The van der Waals surface area contributed by atoms with Crippen molar-refractivity contribution in [3.63, 3.8) is 0 Å². The lowest BCUT2D eigenvalue weighted by molar-refractivity contribution is -0.146. The maximum atomic E-state index is 11.2. The summed E-state index contributed by atoms with van der Waals surface area (Å²) in [6.45, 7) is 2.36. The van der Waals surface area contributed by atoms with Gasteiger partial charge in [-0.25, -0.2) is 0 Å². The zero-order valence-electron chi connectivity index (χ0n) is 11.3. The summed E-state index contributed by atoms with van der Waals surface area (Å²) in [5.41, 5.74) is 2.36. The van der Waals surface area contributed by atoms with Gasteiger partial charge >= 0.3 is 5.97 Å². The second-order valence-corrected chi connectivity index (χ2v) is 5.96. The first-order valence-corrected chi connectivity index (χ1v) is 7.60. The number of benzene rings is 1. The Bertz CT molecular complexity index is 638. The summed E-state index contributed by atoms with van der Waals surface area (Å²) in [6, 6.07) is 8.41. The van der Waals surface area contributed by atoms with Crippen LogP contribution in [0.4, 0.5) is 0 Å². The summed E-state index contributed by atoms with van der Waals surface area (Å²) < 4.78 is 6.41. The highest BCUT2D eigenvalue weighted by Gasteiger charge is 2.30. The standard InChI is InChI=1S/C15H17BrN2O2/c1-9(19)20-14-6-7-17-13(14)8-11-10-4-2-3-5-12(10)18-15(11)16/h2-5,13-14,17-18H,6-8H2,1H3. The van der Waals surface area contributed by atoms with E-state index in [0.29, 0.717) is 0 Å². The van der Waals surface area contributed by atoms with Crippen LogP contribution in [-0.4, -0.2) is 29.6 Å². The van der Waals surface area contributed by atoms with E-state index in [2.05, 4.69) is 38.4 Å². The van der Waals surface area contributed by atoms with Crippen molar-refractivity contribution < 1.29 is 9.53 Å². The highest BCUT2D eigenvalue weighted by molar-refractivity contribution is 9.10. The number of esters is 1. The summed E-state index contributed by atoms with van der Waals surface area (Å²) in [4.78, 5) is 14.5. The fourth-order valence-corrected chi connectivity index (χ4v) is 3.48. The van der Waals surface area contributed by atoms with E-state index in [4.69, 9.17) is 4.74 Å². The lowest BCUT2D eigenvalue weighted by Crippen LogP contribution is -2.35. The Morgan fingerprint density at radius 3 is 3.05 bits per heavy atom. The molecular formula is C15H17BrN2O2. The summed E-state index contributed by atoms with van der Waals surface area (Å²) in [6.07, 6.45) is 1.68. The van der Waals surface area contributed by atoms with Crippen molar-refractivity contribution in [2.24, 2.45) is 0 Å². The molecule has 1 aliphatic rings. The molecule has 0 radical (unpaired) electrons. The van der Waals surface area contributed by atoms with Gasteiger partial charge in [-0.1, -0.05) is 18.2 Å². The quantitative estimate of drug-likeness (QED) is 0.847. The largest absolute Gasteiger partial charge is 0.461 e. The molecule has 20 heavy (non-hydrogen) atoms. The number of H-pyrrole nitrogens is 1. The molecule has 1 aliphatic heterocycles. The smallest absolute Gasteiger partial charge is 0.302 e. The molecule has 0 amide bonds. The monoisotopic (exact) mass is 336 g/mol. The van der Waals surface area contributed by atoms with Crippen molar-refractivity contribution in [1.82, 2.24) is 10.3 Å². The van der Waals surface area contributed by atoms with Gasteiger partial charge in [-0.15, -0.1) is 0 Å². The van der Waals surface area contributed by atoms with Crippen LogP contribution in [0.1, 0.15) is 18.9 Å². The molecule has 0 bridgehead atoms. The number of fused-ring (bicyclic) bond motifs is 1. The number of rotatable bonds is 3. The van der Waals surface area contributed by atoms with Crippen LogP contribution < -0.4 is 5.32 Å². The highest BCUT2D eigenvalue weighted by Crippen LogP contribution is 2.29. The van der Waals surface area contributed by atoms with E-state index in [9.17, 15) is 4.79 Å². The van der Waals surface area contributed by atoms with E-state index in [-0.39, 0.29) is 18.1 Å². The Hall–Kier alpha value is -1.33. The second-order valence-electron chi connectivity index (χ2n) is 5.16. The molecule has 1 fully saturated rings. The Balaban J connectivity index is 1.85. The molecule has 3 rings (SSSR count). The molecule has 0 aliphatic carbocycles. The first-order valence-electron chi connectivity index (χ1n) is 6.81. The van der Waals surface area contributed by atoms with Gasteiger partial charge in [-0.05, 0) is 46.9 Å². The summed E-state index contributed by atoms with van der Waals surface area (Å²) >= 11 is 3.60. The lowest BCUT2D eigenvalue weighted by atomic mass is 10.0. The first-order chi connectivity index (χ1) is 9.65. The highest BCUT2D eigenvalue weighted by atomic mass is 79.9. The SMILES string of the molecule is CC(=O)OC1CCNC1Cc1c(Br)[nH]c2ccccc12. The minimum Gasteiger partial charge on any atom is -0.461 e. The number of nitrogens with one attached hydrogen (secondary N) is 2. The molecule has 1 saturated heterocycles. The van der Waals surface area contributed by atoms with E-state index >= 15 is 0 Å². The number of hydrogen-bond donors (Lipinski definition) is 2. The number of para-hydroxylation sites is 1. The van der Waals surface area contributed by atoms with Crippen LogP contribution in [0.2, 0.25) is 0 Å². The maximum Gasteiger partial charge on any atom is 0.302 e. The van der Waals surface area contributed by atoms with Gasteiger partial charge in [-0.2, -0.15) is 0 Å². The van der Waals surface area contributed by atoms with E-state index < -0.39 is 0 Å². The molecule has 2 unspecified atom stereocenters. The number of halogens is 1. The van der Waals surface area contributed by atoms with Crippen LogP contribution in [0, 0.1) is 0 Å². The Labute approximate surface area is 126 Å². The number of ether oxygens (including phenoxy) is 1. The van der Waals surface area contributed by atoms with Gasteiger partial charge in [0.2, 0.25) is 0 Å². The van der Waals surface area contributed by atoms with Crippen LogP contribution in [-0.2, 0) is 16.0 Å². The molecule has 5 heteroatoms. The Kier molecular flexibility index (Phi) is 3.81. The van der Waals surface area contributed by atoms with E-state index in [1.807, 2.05) is 12.1 Å². The van der Waals surface area contributed by atoms with Gasteiger partial charge in [-0.3, -0.25) is 4.79 Å². The molecule has 0 spiro atoms. The van der Waals surface area contributed by atoms with E-state index in [1.54, 1.807) is 0 Å². The number of aromatic amines is 1. The normalized spacial score (nSPS) is 22.3. The molecule has 2 atom stereocenters. The minimum absolute atomic E-state index is 0.0342. The van der Waals surface area contributed by atoms with Crippen LogP contribution >= 0.6 is 15.9 Å². The second kappa shape index (κ2) is 5.58. The first kappa shape index (κ1) is 13.6. The molecule has 1 aromatic heterocycles. The average Bonchev–Trinajstić information content (AvgIpc) is 2.95. The number of carbonyl (C=O) groups is 1. The number of aromatic nitrogens is 1. The van der Waals surface area contributed by atoms with Gasteiger partial charge in [0.25, 0.3) is 0 Å². The molecule has 2 aromatic rings. The zero-order chi connectivity index (χ0) is 14.1. The van der Waals surface area contributed by atoms with Crippen LogP contribution in [0.15, 0.2) is 28.9 Å². The molecule has 1 aromatic carbocycles. The molecule has 4 nitrogen and oxygen atoms in total. The van der Waals surface area contributed by atoms with Crippen LogP contribution in [0.25, 0.3) is 10.9 Å². The van der Waals surface area contributed by atoms with Crippen molar-refractivity contribution in [3.8, 4) is 0 Å². The van der Waals surface area contributed by atoms with E-state index in [0.717, 1.165) is 29.5 Å². The van der Waals surface area contributed by atoms with Crippen molar-refractivity contribution in [1.29, 1.82) is 0 Å². The average molecular weight is 337 g/mol. The molecule has 0 saturated carbocycles. The predicted octanol–water partition coefficient (Wildman–Crippen LogP) is 2.77. The van der Waals surface area contributed by atoms with E-state index in [1.165, 1.54) is 17.9 Å². The third kappa shape index (κ3) is 2.60. The van der Waals surface area contributed by atoms with Gasteiger partial charge in [0.1, 0.15) is 6.10 Å². The third-order valence-corrected chi connectivity index (χ3v) is 4.46. The van der Waals surface area contributed by atoms with Gasteiger partial charge in [0.15, 0.2) is 0 Å². The topological polar surface area (TPSA) is 54.1 Å². The van der Waals surface area contributed by atoms with Crippen molar-refractivity contribution in [3.05, 3.63) is 34.4 Å². The van der Waals surface area contributed by atoms with Crippen molar-refractivity contribution in [2.45, 2.75) is 31.9 Å².